The number of benzene rings is 2. The first-order valence-electron chi connectivity index (χ1n) is 8.71. The second-order valence-corrected chi connectivity index (χ2v) is 6.52. The van der Waals surface area contributed by atoms with E-state index in [2.05, 4.69) is 18.7 Å². The number of rotatable bonds is 9. The molecule has 0 radical (unpaired) electrons. The van der Waals surface area contributed by atoms with Gasteiger partial charge >= 0.3 is 0 Å². The molecule has 0 aliphatic rings. The zero-order valence-electron chi connectivity index (χ0n) is 15.6. The summed E-state index contributed by atoms with van der Waals surface area (Å²) in [7, 11) is 3.30. The lowest BCUT2D eigenvalue weighted by molar-refractivity contribution is 0.0902. The Labute approximate surface area is 151 Å². The molecule has 2 aromatic carbocycles. The van der Waals surface area contributed by atoms with E-state index in [0.717, 1.165) is 22.6 Å². The van der Waals surface area contributed by atoms with Gasteiger partial charge in [-0.05, 0) is 31.9 Å². The van der Waals surface area contributed by atoms with Crippen LogP contribution < -0.4 is 9.47 Å². The van der Waals surface area contributed by atoms with Crippen molar-refractivity contribution in [3.05, 3.63) is 59.7 Å². The SMILES string of the molecule is COc1cccc(CN(CC(O)Cc2ccccc2)C(C)C)c1OC. The van der Waals surface area contributed by atoms with Crippen LogP contribution in [0.4, 0.5) is 0 Å². The van der Waals surface area contributed by atoms with Gasteiger partial charge in [-0.15, -0.1) is 0 Å². The molecule has 25 heavy (non-hydrogen) atoms. The molecule has 0 aromatic heterocycles. The molecule has 0 bridgehead atoms. The topological polar surface area (TPSA) is 41.9 Å². The summed E-state index contributed by atoms with van der Waals surface area (Å²) >= 11 is 0. The number of aliphatic hydroxyl groups excluding tert-OH is 1. The van der Waals surface area contributed by atoms with Gasteiger partial charge in [-0.25, -0.2) is 0 Å². The molecule has 0 saturated heterocycles. The van der Waals surface area contributed by atoms with Gasteiger partial charge in [0.25, 0.3) is 0 Å². The third kappa shape index (κ3) is 5.48. The van der Waals surface area contributed by atoms with Gasteiger partial charge < -0.3 is 14.6 Å². The van der Waals surface area contributed by atoms with E-state index >= 15 is 0 Å². The number of ether oxygens (including phenoxy) is 2. The minimum Gasteiger partial charge on any atom is -0.493 e. The van der Waals surface area contributed by atoms with Crippen molar-refractivity contribution in [3.8, 4) is 11.5 Å². The molecule has 0 aliphatic carbocycles. The van der Waals surface area contributed by atoms with Gasteiger partial charge in [0.15, 0.2) is 11.5 Å². The molecule has 136 valence electrons. The Morgan fingerprint density at radius 2 is 1.68 bits per heavy atom. The zero-order chi connectivity index (χ0) is 18.2. The van der Waals surface area contributed by atoms with Crippen LogP contribution in [0, 0.1) is 0 Å². The predicted octanol–water partition coefficient (Wildman–Crippen LogP) is 3.52. The summed E-state index contributed by atoms with van der Waals surface area (Å²) in [6.07, 6.45) is 0.237. The molecule has 0 aliphatic heterocycles. The largest absolute Gasteiger partial charge is 0.493 e. The second kappa shape index (κ2) is 9.44. The van der Waals surface area contributed by atoms with Gasteiger partial charge in [0.2, 0.25) is 0 Å². The van der Waals surface area contributed by atoms with Crippen LogP contribution in [0.15, 0.2) is 48.5 Å². The second-order valence-electron chi connectivity index (χ2n) is 6.52. The number of hydrogen-bond donors (Lipinski definition) is 1. The molecule has 1 N–H and O–H groups in total. The minimum absolute atomic E-state index is 0.307. The van der Waals surface area contributed by atoms with E-state index in [1.54, 1.807) is 14.2 Å². The molecule has 0 amide bonds. The summed E-state index contributed by atoms with van der Waals surface area (Å²) < 4.78 is 10.9. The van der Waals surface area contributed by atoms with E-state index in [9.17, 15) is 5.11 Å². The summed E-state index contributed by atoms with van der Waals surface area (Å²) in [5.74, 6) is 1.49. The van der Waals surface area contributed by atoms with Gasteiger partial charge in [0, 0.05) is 24.7 Å². The van der Waals surface area contributed by atoms with Gasteiger partial charge in [0.05, 0.1) is 20.3 Å². The summed E-state index contributed by atoms with van der Waals surface area (Å²) in [5, 5.41) is 10.5. The lowest BCUT2D eigenvalue weighted by Crippen LogP contribution is -2.38. The fraction of sp³-hybridized carbons (Fsp3) is 0.429. The van der Waals surface area contributed by atoms with Crippen molar-refractivity contribution in [1.82, 2.24) is 4.90 Å². The Morgan fingerprint density at radius 1 is 0.960 bits per heavy atom. The summed E-state index contributed by atoms with van der Waals surface area (Å²) in [6.45, 7) is 5.58. The molecule has 4 nitrogen and oxygen atoms in total. The highest BCUT2D eigenvalue weighted by Gasteiger charge is 2.18. The Morgan fingerprint density at radius 3 is 2.28 bits per heavy atom. The quantitative estimate of drug-likeness (QED) is 0.756. The van der Waals surface area contributed by atoms with Crippen LogP contribution in [0.3, 0.4) is 0 Å². The Kier molecular flexibility index (Phi) is 7.29. The summed E-state index contributed by atoms with van der Waals surface area (Å²) in [5.41, 5.74) is 2.21. The van der Waals surface area contributed by atoms with Gasteiger partial charge in [0.1, 0.15) is 0 Å². The lowest BCUT2D eigenvalue weighted by atomic mass is 10.1. The van der Waals surface area contributed by atoms with Crippen molar-refractivity contribution in [2.24, 2.45) is 0 Å². The van der Waals surface area contributed by atoms with Crippen LogP contribution in [0.25, 0.3) is 0 Å². The van der Waals surface area contributed by atoms with Crippen molar-refractivity contribution in [2.75, 3.05) is 20.8 Å². The minimum atomic E-state index is -0.415. The average Bonchev–Trinajstić information content (AvgIpc) is 2.61. The Bertz CT molecular complexity index is 643. The molecular weight excluding hydrogens is 314 g/mol. The van der Waals surface area contributed by atoms with Crippen LogP contribution >= 0.6 is 0 Å². The standard InChI is InChI=1S/C21H29NO3/c1-16(2)22(15-19(23)13-17-9-6-5-7-10-17)14-18-11-8-12-20(24-3)21(18)25-4/h5-12,16,19,23H,13-15H2,1-4H3. The first kappa shape index (κ1) is 19.3. The number of nitrogens with zero attached hydrogens (tertiary/aromatic N) is 1. The summed E-state index contributed by atoms with van der Waals surface area (Å²) in [6, 6.07) is 16.3. The molecule has 1 atom stereocenters. The molecule has 2 aromatic rings. The van der Waals surface area contributed by atoms with Crippen LogP contribution in [0.1, 0.15) is 25.0 Å². The highest BCUT2D eigenvalue weighted by atomic mass is 16.5. The Hall–Kier alpha value is -2.04. The highest BCUT2D eigenvalue weighted by molar-refractivity contribution is 5.46. The fourth-order valence-electron chi connectivity index (χ4n) is 2.98. The molecule has 0 fully saturated rings. The van der Waals surface area contributed by atoms with Crippen molar-refractivity contribution < 1.29 is 14.6 Å². The maximum atomic E-state index is 10.5. The van der Waals surface area contributed by atoms with E-state index in [-0.39, 0.29) is 0 Å². The molecule has 0 spiro atoms. The van der Waals surface area contributed by atoms with E-state index < -0.39 is 6.10 Å². The number of aliphatic hydroxyl groups is 1. The zero-order valence-corrected chi connectivity index (χ0v) is 15.6. The van der Waals surface area contributed by atoms with Crippen molar-refractivity contribution >= 4 is 0 Å². The molecular formula is C21H29NO3. The monoisotopic (exact) mass is 343 g/mol. The number of para-hydroxylation sites is 1. The molecule has 2 rings (SSSR count). The summed E-state index contributed by atoms with van der Waals surface area (Å²) in [4.78, 5) is 2.25. The van der Waals surface area contributed by atoms with Crippen LogP contribution in [-0.2, 0) is 13.0 Å². The smallest absolute Gasteiger partial charge is 0.165 e. The molecule has 0 heterocycles. The Balaban J connectivity index is 2.08. The van der Waals surface area contributed by atoms with E-state index in [1.807, 2.05) is 48.5 Å². The molecule has 0 saturated carbocycles. The number of methoxy groups -OCH3 is 2. The van der Waals surface area contributed by atoms with Gasteiger partial charge in [-0.2, -0.15) is 0 Å². The van der Waals surface area contributed by atoms with Crippen molar-refractivity contribution in [2.45, 2.75) is 39.0 Å². The first-order chi connectivity index (χ1) is 12.0. The number of hydrogen-bond acceptors (Lipinski definition) is 4. The molecule has 4 heteroatoms. The predicted molar refractivity (Wildman–Crippen MR) is 101 cm³/mol. The van der Waals surface area contributed by atoms with Crippen LogP contribution in [0.2, 0.25) is 0 Å². The van der Waals surface area contributed by atoms with E-state index in [4.69, 9.17) is 9.47 Å². The van der Waals surface area contributed by atoms with Crippen LogP contribution in [-0.4, -0.2) is 42.9 Å². The van der Waals surface area contributed by atoms with Gasteiger partial charge in [-0.1, -0.05) is 42.5 Å². The van der Waals surface area contributed by atoms with Crippen molar-refractivity contribution in [3.63, 3.8) is 0 Å². The maximum absolute atomic E-state index is 10.5. The van der Waals surface area contributed by atoms with E-state index in [1.165, 1.54) is 0 Å². The highest BCUT2D eigenvalue weighted by Crippen LogP contribution is 2.31. The normalized spacial score (nSPS) is 12.4. The van der Waals surface area contributed by atoms with Gasteiger partial charge in [-0.3, -0.25) is 4.90 Å². The first-order valence-corrected chi connectivity index (χ1v) is 8.71. The van der Waals surface area contributed by atoms with Crippen molar-refractivity contribution in [1.29, 1.82) is 0 Å². The third-order valence-corrected chi connectivity index (χ3v) is 4.35. The van der Waals surface area contributed by atoms with Crippen LogP contribution in [0.5, 0.6) is 11.5 Å². The third-order valence-electron chi connectivity index (χ3n) is 4.35. The maximum Gasteiger partial charge on any atom is 0.165 e. The fourth-order valence-corrected chi connectivity index (χ4v) is 2.98. The molecule has 1 unspecified atom stereocenters. The van der Waals surface area contributed by atoms with E-state index in [0.29, 0.717) is 25.6 Å². The lowest BCUT2D eigenvalue weighted by Gasteiger charge is -2.29. The average molecular weight is 343 g/mol.